The van der Waals surface area contributed by atoms with Gasteiger partial charge in [0.25, 0.3) is 0 Å². The first-order valence-corrected chi connectivity index (χ1v) is 9.39. The van der Waals surface area contributed by atoms with Crippen LogP contribution in [0.3, 0.4) is 0 Å². The topological polar surface area (TPSA) is 43.1 Å². The minimum Gasteiger partial charge on any atom is -0.195 e. The fraction of sp³-hybridized carbons (Fsp3) is 0.0952. The predicted molar refractivity (Wildman–Crippen MR) is 108 cm³/mol. The molecule has 128 valence electrons. The molecule has 4 aromatic rings. The van der Waals surface area contributed by atoms with Crippen molar-refractivity contribution >= 4 is 28.7 Å². The molecule has 4 rings (SSSR count). The molecule has 4 nitrogen and oxygen atoms in total. The quantitative estimate of drug-likeness (QED) is 0.376. The van der Waals surface area contributed by atoms with Crippen molar-refractivity contribution < 1.29 is 0 Å². The average molecular weight is 358 g/mol. The second-order valence-corrected chi connectivity index (χ2v) is 6.99. The molecule has 0 aliphatic carbocycles. The fourth-order valence-electron chi connectivity index (χ4n) is 2.71. The number of benzene rings is 3. The minimum absolute atomic E-state index is 0.780. The summed E-state index contributed by atoms with van der Waals surface area (Å²) in [6.45, 7) is 2.09. The van der Waals surface area contributed by atoms with Gasteiger partial charge in [-0.2, -0.15) is 9.78 Å². The molecule has 0 atom stereocenters. The van der Waals surface area contributed by atoms with Gasteiger partial charge in [0.1, 0.15) is 6.33 Å². The number of aromatic nitrogens is 3. The van der Waals surface area contributed by atoms with Gasteiger partial charge in [-0.25, -0.2) is 0 Å². The van der Waals surface area contributed by atoms with E-state index >= 15 is 0 Å². The molecule has 0 fully saturated rings. The highest BCUT2D eigenvalue weighted by molar-refractivity contribution is 7.98. The van der Waals surface area contributed by atoms with Crippen LogP contribution in [0.15, 0.2) is 83.3 Å². The molecule has 0 N–H and O–H groups in total. The van der Waals surface area contributed by atoms with Gasteiger partial charge in [-0.3, -0.25) is 0 Å². The Balaban J connectivity index is 1.53. The van der Waals surface area contributed by atoms with Gasteiger partial charge in [0.2, 0.25) is 5.16 Å². The van der Waals surface area contributed by atoms with E-state index in [1.807, 2.05) is 24.4 Å². The van der Waals surface area contributed by atoms with Gasteiger partial charge in [-0.1, -0.05) is 84.1 Å². The summed E-state index contributed by atoms with van der Waals surface area (Å²) in [6, 6.07) is 23.0. The zero-order valence-corrected chi connectivity index (χ0v) is 15.2. The van der Waals surface area contributed by atoms with Crippen LogP contribution in [0.4, 0.5) is 0 Å². The maximum absolute atomic E-state index is 4.56. The summed E-state index contributed by atoms with van der Waals surface area (Å²) >= 11 is 1.63. The van der Waals surface area contributed by atoms with Gasteiger partial charge in [0.05, 0.1) is 6.21 Å². The van der Waals surface area contributed by atoms with Crippen molar-refractivity contribution in [2.45, 2.75) is 17.8 Å². The van der Waals surface area contributed by atoms with Crippen LogP contribution < -0.4 is 0 Å². The second kappa shape index (κ2) is 7.54. The lowest BCUT2D eigenvalue weighted by Gasteiger charge is -2.03. The maximum atomic E-state index is 4.56. The Bertz CT molecular complexity index is 1050. The number of rotatable bonds is 5. The standard InChI is InChI=1S/C21H18N4S/c1-16-9-11-17(12-10-16)14-26-21-24-22-15-25(21)23-13-19-7-4-6-18-5-2-3-8-20(18)19/h2-13,15H,14H2,1H3/b23-13-. The Hall–Kier alpha value is -2.92. The van der Waals surface area contributed by atoms with Crippen LogP contribution in [0.2, 0.25) is 0 Å². The van der Waals surface area contributed by atoms with E-state index in [0.29, 0.717) is 0 Å². The van der Waals surface area contributed by atoms with E-state index < -0.39 is 0 Å². The van der Waals surface area contributed by atoms with Gasteiger partial charge in [-0.05, 0) is 23.3 Å². The van der Waals surface area contributed by atoms with E-state index in [9.17, 15) is 0 Å². The van der Waals surface area contributed by atoms with Gasteiger partial charge in [0, 0.05) is 11.3 Å². The summed E-state index contributed by atoms with van der Waals surface area (Å²) in [6.07, 6.45) is 3.50. The average Bonchev–Trinajstić information content (AvgIpc) is 3.13. The van der Waals surface area contributed by atoms with E-state index in [2.05, 4.69) is 70.8 Å². The van der Waals surface area contributed by atoms with Crippen LogP contribution in [0.25, 0.3) is 10.8 Å². The van der Waals surface area contributed by atoms with Crippen LogP contribution in [0, 0.1) is 6.92 Å². The summed E-state index contributed by atoms with van der Waals surface area (Å²) in [5.41, 5.74) is 3.60. The molecule has 5 heteroatoms. The van der Waals surface area contributed by atoms with Crippen LogP contribution in [0.5, 0.6) is 0 Å². The summed E-state index contributed by atoms with van der Waals surface area (Å²) in [4.78, 5) is 0. The zero-order chi connectivity index (χ0) is 17.8. The van der Waals surface area contributed by atoms with Crippen LogP contribution >= 0.6 is 11.8 Å². The van der Waals surface area contributed by atoms with E-state index in [1.54, 1.807) is 22.8 Å². The van der Waals surface area contributed by atoms with Gasteiger partial charge in [-0.15, -0.1) is 10.2 Å². The third kappa shape index (κ3) is 3.68. The van der Waals surface area contributed by atoms with Crippen LogP contribution in [-0.2, 0) is 5.75 Å². The van der Waals surface area contributed by atoms with Crippen LogP contribution in [-0.4, -0.2) is 21.1 Å². The number of thioether (sulfide) groups is 1. The van der Waals surface area contributed by atoms with Crippen LogP contribution in [0.1, 0.15) is 16.7 Å². The van der Waals surface area contributed by atoms with E-state index in [0.717, 1.165) is 16.5 Å². The van der Waals surface area contributed by atoms with Crippen molar-refractivity contribution in [3.05, 3.63) is 89.7 Å². The molecule has 0 spiro atoms. The zero-order valence-electron chi connectivity index (χ0n) is 14.4. The number of hydrogen-bond acceptors (Lipinski definition) is 4. The maximum Gasteiger partial charge on any atom is 0.212 e. The Kier molecular flexibility index (Phi) is 4.80. The van der Waals surface area contributed by atoms with Crippen molar-refractivity contribution in [3.8, 4) is 0 Å². The van der Waals surface area contributed by atoms with Crippen molar-refractivity contribution in [3.63, 3.8) is 0 Å². The molecular formula is C21H18N4S. The Morgan fingerprint density at radius 2 is 1.81 bits per heavy atom. The summed E-state index contributed by atoms with van der Waals surface area (Å²) in [5, 5.41) is 15.9. The molecule has 0 radical (unpaired) electrons. The largest absolute Gasteiger partial charge is 0.212 e. The Morgan fingerprint density at radius 1 is 1.00 bits per heavy atom. The molecule has 26 heavy (non-hydrogen) atoms. The highest BCUT2D eigenvalue weighted by atomic mass is 32.2. The highest BCUT2D eigenvalue weighted by Gasteiger charge is 2.05. The first-order chi connectivity index (χ1) is 12.8. The Labute approximate surface area is 156 Å². The number of nitrogens with zero attached hydrogens (tertiary/aromatic N) is 4. The lowest BCUT2D eigenvalue weighted by molar-refractivity contribution is 0.767. The smallest absolute Gasteiger partial charge is 0.195 e. The molecule has 0 bridgehead atoms. The van der Waals surface area contributed by atoms with E-state index in [1.165, 1.54) is 21.9 Å². The lowest BCUT2D eigenvalue weighted by atomic mass is 10.1. The lowest BCUT2D eigenvalue weighted by Crippen LogP contribution is -1.93. The van der Waals surface area contributed by atoms with Crippen molar-refractivity contribution in [1.82, 2.24) is 14.9 Å². The minimum atomic E-state index is 0.780. The van der Waals surface area contributed by atoms with Crippen molar-refractivity contribution in [2.24, 2.45) is 5.10 Å². The SMILES string of the molecule is Cc1ccc(CSc2nncn2/N=C\c2cccc3ccccc23)cc1. The molecule has 0 aliphatic heterocycles. The molecule has 1 heterocycles. The van der Waals surface area contributed by atoms with E-state index in [-0.39, 0.29) is 0 Å². The number of aryl methyl sites for hydroxylation is 1. The van der Waals surface area contributed by atoms with Gasteiger partial charge in [0.15, 0.2) is 0 Å². The molecule has 0 saturated carbocycles. The number of fused-ring (bicyclic) bond motifs is 1. The molecule has 0 saturated heterocycles. The molecule has 1 aromatic heterocycles. The third-order valence-electron chi connectivity index (χ3n) is 4.13. The number of hydrogen-bond donors (Lipinski definition) is 0. The molecule has 3 aromatic carbocycles. The second-order valence-electron chi connectivity index (χ2n) is 6.05. The predicted octanol–water partition coefficient (Wildman–Crippen LogP) is 4.91. The molecule has 0 amide bonds. The third-order valence-corrected chi connectivity index (χ3v) is 5.14. The summed E-state index contributed by atoms with van der Waals surface area (Å²) < 4.78 is 1.72. The molecule has 0 aliphatic rings. The first kappa shape index (κ1) is 16.5. The van der Waals surface area contributed by atoms with Crippen molar-refractivity contribution in [1.29, 1.82) is 0 Å². The van der Waals surface area contributed by atoms with E-state index in [4.69, 9.17) is 0 Å². The normalized spacial score (nSPS) is 11.4. The summed E-state index contributed by atoms with van der Waals surface area (Å²) in [5.74, 6) is 0.836. The summed E-state index contributed by atoms with van der Waals surface area (Å²) in [7, 11) is 0. The molecule has 0 unspecified atom stereocenters. The van der Waals surface area contributed by atoms with Crippen molar-refractivity contribution in [2.75, 3.05) is 0 Å². The fourth-order valence-corrected chi connectivity index (χ4v) is 3.53. The monoisotopic (exact) mass is 358 g/mol. The highest BCUT2D eigenvalue weighted by Crippen LogP contribution is 2.21. The Morgan fingerprint density at radius 3 is 2.69 bits per heavy atom. The van der Waals surface area contributed by atoms with Gasteiger partial charge < -0.3 is 0 Å². The van der Waals surface area contributed by atoms with Gasteiger partial charge >= 0.3 is 0 Å². The molecular weight excluding hydrogens is 340 g/mol. The first-order valence-electron chi connectivity index (χ1n) is 8.40.